The third-order valence-corrected chi connectivity index (χ3v) is 5.90. The smallest absolute Gasteiger partial charge is 0.319 e. The standard InChI is InChI=1S/C21H31ClFNO3S/c1-6-8-18(21(26)27-12-13(3)4)28-19-11-17(16(23)10-15(19)22)24-20(25)9-14(5)7-2/h10-11,13-14,18H,6-9,12H2,1-5H3,(H,24,25). The minimum absolute atomic E-state index is 0.0750. The number of hydrogen-bond donors (Lipinski definition) is 1. The maximum Gasteiger partial charge on any atom is 0.319 e. The summed E-state index contributed by atoms with van der Waals surface area (Å²) in [4.78, 5) is 25.1. The van der Waals surface area contributed by atoms with E-state index in [0.717, 1.165) is 12.8 Å². The molecule has 0 radical (unpaired) electrons. The van der Waals surface area contributed by atoms with Crippen molar-refractivity contribution in [2.24, 2.45) is 11.8 Å². The van der Waals surface area contributed by atoms with Gasteiger partial charge in [0, 0.05) is 11.3 Å². The number of carbonyl (C=O) groups excluding carboxylic acids is 2. The number of ether oxygens (including phenoxy) is 1. The lowest BCUT2D eigenvalue weighted by atomic mass is 10.1. The second kappa shape index (κ2) is 12.3. The molecule has 0 aliphatic rings. The molecule has 0 saturated carbocycles. The zero-order valence-electron chi connectivity index (χ0n) is 17.3. The van der Waals surface area contributed by atoms with Crippen molar-refractivity contribution in [2.75, 3.05) is 11.9 Å². The molecule has 1 amide bonds. The normalized spacial score (nSPS) is 13.3. The Balaban J connectivity index is 2.95. The first kappa shape index (κ1) is 24.8. The van der Waals surface area contributed by atoms with Gasteiger partial charge < -0.3 is 10.1 Å². The van der Waals surface area contributed by atoms with E-state index in [4.69, 9.17) is 16.3 Å². The first-order chi connectivity index (χ1) is 13.2. The molecule has 0 heterocycles. The molecule has 1 rings (SSSR count). The number of hydrogen-bond acceptors (Lipinski definition) is 4. The van der Waals surface area contributed by atoms with Crippen molar-refractivity contribution in [1.82, 2.24) is 0 Å². The highest BCUT2D eigenvalue weighted by Gasteiger charge is 2.23. The van der Waals surface area contributed by atoms with E-state index in [-0.39, 0.29) is 34.4 Å². The molecule has 1 aromatic rings. The van der Waals surface area contributed by atoms with Gasteiger partial charge in [-0.2, -0.15) is 0 Å². The molecule has 2 atom stereocenters. The highest BCUT2D eigenvalue weighted by molar-refractivity contribution is 8.00. The van der Waals surface area contributed by atoms with E-state index >= 15 is 0 Å². The summed E-state index contributed by atoms with van der Waals surface area (Å²) in [5.41, 5.74) is 0.0750. The Morgan fingerprint density at radius 3 is 2.50 bits per heavy atom. The molecular formula is C21H31ClFNO3S. The highest BCUT2D eigenvalue weighted by Crippen LogP contribution is 2.36. The summed E-state index contributed by atoms with van der Waals surface area (Å²) in [6, 6.07) is 2.67. The molecule has 7 heteroatoms. The van der Waals surface area contributed by atoms with Crippen molar-refractivity contribution in [3.63, 3.8) is 0 Å². The Kier molecular flexibility index (Phi) is 10.9. The van der Waals surface area contributed by atoms with E-state index in [1.165, 1.54) is 23.9 Å². The average Bonchev–Trinajstić information content (AvgIpc) is 2.62. The van der Waals surface area contributed by atoms with Crippen molar-refractivity contribution in [3.8, 4) is 0 Å². The number of nitrogens with one attached hydrogen (secondary N) is 1. The molecule has 4 nitrogen and oxygen atoms in total. The Morgan fingerprint density at radius 1 is 1.25 bits per heavy atom. The fourth-order valence-electron chi connectivity index (χ4n) is 2.36. The van der Waals surface area contributed by atoms with Crippen molar-refractivity contribution in [1.29, 1.82) is 0 Å². The van der Waals surface area contributed by atoms with E-state index in [9.17, 15) is 14.0 Å². The fraction of sp³-hybridized carbons (Fsp3) is 0.619. The lowest BCUT2D eigenvalue weighted by molar-refractivity contribution is -0.144. The zero-order valence-corrected chi connectivity index (χ0v) is 18.9. The maximum atomic E-state index is 14.3. The second-order valence-corrected chi connectivity index (χ2v) is 9.10. The van der Waals surface area contributed by atoms with Crippen LogP contribution in [0.1, 0.15) is 60.3 Å². The van der Waals surface area contributed by atoms with Crippen LogP contribution in [-0.4, -0.2) is 23.7 Å². The monoisotopic (exact) mass is 431 g/mol. The number of rotatable bonds is 11. The van der Waals surface area contributed by atoms with Gasteiger partial charge in [0.2, 0.25) is 5.91 Å². The van der Waals surface area contributed by atoms with Crippen molar-refractivity contribution in [3.05, 3.63) is 23.0 Å². The van der Waals surface area contributed by atoms with Crippen LogP contribution < -0.4 is 5.32 Å². The number of benzene rings is 1. The van der Waals surface area contributed by atoms with Gasteiger partial charge in [-0.15, -0.1) is 11.8 Å². The number of carbonyl (C=O) groups is 2. The van der Waals surface area contributed by atoms with Crippen LogP contribution in [0, 0.1) is 17.7 Å². The van der Waals surface area contributed by atoms with Crippen LogP contribution in [0.2, 0.25) is 5.02 Å². The van der Waals surface area contributed by atoms with Gasteiger partial charge in [-0.1, -0.05) is 59.1 Å². The highest BCUT2D eigenvalue weighted by atomic mass is 35.5. The van der Waals surface area contributed by atoms with Crippen LogP contribution in [-0.2, 0) is 14.3 Å². The molecule has 1 N–H and O–H groups in total. The van der Waals surface area contributed by atoms with Gasteiger partial charge in [-0.25, -0.2) is 4.39 Å². The van der Waals surface area contributed by atoms with Gasteiger partial charge in [0.1, 0.15) is 11.1 Å². The summed E-state index contributed by atoms with van der Waals surface area (Å²) in [6.07, 6.45) is 2.60. The first-order valence-electron chi connectivity index (χ1n) is 9.80. The molecule has 0 bridgehead atoms. The van der Waals surface area contributed by atoms with Gasteiger partial charge in [0.05, 0.1) is 17.3 Å². The molecule has 0 aromatic heterocycles. The minimum Gasteiger partial charge on any atom is -0.465 e. The Labute approximate surface area is 176 Å². The number of esters is 1. The van der Waals surface area contributed by atoms with E-state index < -0.39 is 11.1 Å². The molecule has 1 aromatic carbocycles. The van der Waals surface area contributed by atoms with Crippen LogP contribution >= 0.6 is 23.4 Å². The maximum absolute atomic E-state index is 14.3. The Bertz CT molecular complexity index is 669. The molecule has 0 aliphatic carbocycles. The van der Waals surface area contributed by atoms with Gasteiger partial charge in [-0.05, 0) is 30.4 Å². The molecule has 0 saturated heterocycles. The lowest BCUT2D eigenvalue weighted by Crippen LogP contribution is -2.22. The number of amides is 1. The zero-order chi connectivity index (χ0) is 21.3. The van der Waals surface area contributed by atoms with E-state index in [1.807, 2.05) is 34.6 Å². The average molecular weight is 432 g/mol. The Morgan fingerprint density at radius 2 is 1.93 bits per heavy atom. The van der Waals surface area contributed by atoms with Gasteiger partial charge >= 0.3 is 5.97 Å². The number of anilines is 1. The van der Waals surface area contributed by atoms with Gasteiger partial charge in [0.25, 0.3) is 0 Å². The van der Waals surface area contributed by atoms with Crippen molar-refractivity contribution in [2.45, 2.75) is 70.4 Å². The predicted molar refractivity (Wildman–Crippen MR) is 114 cm³/mol. The third-order valence-electron chi connectivity index (χ3n) is 4.17. The summed E-state index contributed by atoms with van der Waals surface area (Å²) < 4.78 is 19.6. The summed E-state index contributed by atoms with van der Waals surface area (Å²) >= 11 is 7.44. The first-order valence-corrected chi connectivity index (χ1v) is 11.1. The van der Waals surface area contributed by atoms with Crippen molar-refractivity contribution < 1.29 is 18.7 Å². The number of halogens is 2. The SMILES string of the molecule is CCCC(Sc1cc(NC(=O)CC(C)CC)c(F)cc1Cl)C(=O)OCC(C)C. The predicted octanol–water partition coefficient (Wildman–Crippen LogP) is 6.31. The van der Waals surface area contributed by atoms with Crippen LogP contribution in [0.15, 0.2) is 17.0 Å². The van der Waals surface area contributed by atoms with E-state index in [0.29, 0.717) is 24.3 Å². The van der Waals surface area contributed by atoms with Gasteiger partial charge in [-0.3, -0.25) is 9.59 Å². The minimum atomic E-state index is -0.596. The molecule has 2 unspecified atom stereocenters. The fourth-order valence-corrected chi connectivity index (χ4v) is 3.83. The summed E-state index contributed by atoms with van der Waals surface area (Å²) in [7, 11) is 0. The summed E-state index contributed by atoms with van der Waals surface area (Å²) in [5.74, 6) is -0.676. The van der Waals surface area contributed by atoms with E-state index in [1.54, 1.807) is 0 Å². The van der Waals surface area contributed by atoms with Crippen LogP contribution in [0.5, 0.6) is 0 Å². The summed E-state index contributed by atoms with van der Waals surface area (Å²) in [6.45, 7) is 10.3. The van der Waals surface area contributed by atoms with Crippen molar-refractivity contribution >= 4 is 40.9 Å². The summed E-state index contributed by atoms with van der Waals surface area (Å²) in [5, 5.41) is 2.39. The third kappa shape index (κ3) is 8.39. The molecule has 0 spiro atoms. The molecule has 158 valence electrons. The van der Waals surface area contributed by atoms with Gasteiger partial charge in [0.15, 0.2) is 0 Å². The molecule has 28 heavy (non-hydrogen) atoms. The van der Waals surface area contributed by atoms with E-state index in [2.05, 4.69) is 5.32 Å². The second-order valence-electron chi connectivity index (χ2n) is 7.45. The quantitative estimate of drug-likeness (QED) is 0.329. The van der Waals surface area contributed by atoms with Crippen LogP contribution in [0.3, 0.4) is 0 Å². The molecular weight excluding hydrogens is 401 g/mol. The number of thioether (sulfide) groups is 1. The molecule has 0 aliphatic heterocycles. The lowest BCUT2D eigenvalue weighted by Gasteiger charge is -2.18. The topological polar surface area (TPSA) is 55.4 Å². The largest absolute Gasteiger partial charge is 0.465 e. The van der Waals surface area contributed by atoms with Crippen LogP contribution in [0.25, 0.3) is 0 Å². The molecule has 0 fully saturated rings. The van der Waals surface area contributed by atoms with Crippen LogP contribution in [0.4, 0.5) is 10.1 Å². The Hall–Kier alpha value is -1.27.